The van der Waals surface area contributed by atoms with Crippen molar-refractivity contribution in [3.8, 4) is 0 Å². The Hall–Kier alpha value is -1.51. The second-order valence-electron chi connectivity index (χ2n) is 4.08. The van der Waals surface area contributed by atoms with Crippen molar-refractivity contribution in [2.75, 3.05) is 5.75 Å². The number of benzene rings is 1. The fourth-order valence-corrected chi connectivity index (χ4v) is 2.30. The second-order valence-corrected chi connectivity index (χ2v) is 5.35. The first-order valence-corrected chi connectivity index (χ1v) is 6.75. The third-order valence-electron chi connectivity index (χ3n) is 2.60. The van der Waals surface area contributed by atoms with Crippen LogP contribution in [0.1, 0.15) is 25.0 Å². The quantitative estimate of drug-likeness (QED) is 0.614. The number of nitro groups is 1. The molecule has 0 heterocycles. The molecule has 1 aromatic rings. The molecule has 2 N–H and O–H groups in total. The van der Waals surface area contributed by atoms with E-state index in [1.165, 1.54) is 19.1 Å². The normalized spacial score (nSPS) is 13.8. The lowest BCUT2D eigenvalue weighted by atomic mass is 10.0. The highest BCUT2D eigenvalue weighted by Crippen LogP contribution is 2.30. The van der Waals surface area contributed by atoms with Gasteiger partial charge in [-0.3, -0.25) is 14.9 Å². The minimum Gasteiger partial charge on any atom is -0.390 e. The minimum absolute atomic E-state index is 0.0546. The molecular formula is C12H14FNO5S. The highest BCUT2D eigenvalue weighted by molar-refractivity contribution is 8.13. The molecule has 0 aliphatic carbocycles. The van der Waals surface area contributed by atoms with Gasteiger partial charge in [-0.2, -0.15) is 4.39 Å². The number of thioether (sulfide) groups is 1. The van der Waals surface area contributed by atoms with Crippen molar-refractivity contribution in [1.29, 1.82) is 0 Å². The number of hydrogen-bond acceptors (Lipinski definition) is 6. The van der Waals surface area contributed by atoms with Crippen LogP contribution in [0, 0.1) is 15.9 Å². The van der Waals surface area contributed by atoms with Crippen LogP contribution in [0.5, 0.6) is 0 Å². The molecule has 110 valence electrons. The molecule has 2 unspecified atom stereocenters. The zero-order valence-electron chi connectivity index (χ0n) is 10.7. The molecule has 0 amide bonds. The van der Waals surface area contributed by atoms with Crippen molar-refractivity contribution >= 4 is 22.6 Å². The highest BCUT2D eigenvalue weighted by atomic mass is 32.2. The lowest BCUT2D eigenvalue weighted by molar-refractivity contribution is -0.389. The van der Waals surface area contributed by atoms with Crippen molar-refractivity contribution in [3.63, 3.8) is 0 Å². The monoisotopic (exact) mass is 303 g/mol. The summed E-state index contributed by atoms with van der Waals surface area (Å²) in [5.41, 5.74) is -1.13. The number of carbonyl (C=O) groups is 1. The largest absolute Gasteiger partial charge is 0.390 e. The Bertz CT molecular complexity index is 511. The van der Waals surface area contributed by atoms with Crippen LogP contribution < -0.4 is 0 Å². The van der Waals surface area contributed by atoms with Crippen LogP contribution in [0.25, 0.3) is 0 Å². The molecular weight excluding hydrogens is 289 g/mol. The number of para-hydroxylation sites is 1. The minimum atomic E-state index is -1.58. The third-order valence-corrected chi connectivity index (χ3v) is 3.45. The van der Waals surface area contributed by atoms with Crippen molar-refractivity contribution in [3.05, 3.63) is 39.7 Å². The van der Waals surface area contributed by atoms with Gasteiger partial charge in [0.15, 0.2) is 5.12 Å². The number of aliphatic hydroxyl groups excluding tert-OH is 2. The van der Waals surface area contributed by atoms with Gasteiger partial charge >= 0.3 is 5.69 Å². The first kappa shape index (κ1) is 16.5. The van der Waals surface area contributed by atoms with E-state index in [0.29, 0.717) is 0 Å². The summed E-state index contributed by atoms with van der Waals surface area (Å²) in [6, 6.07) is 3.32. The molecule has 0 fully saturated rings. The van der Waals surface area contributed by atoms with Crippen molar-refractivity contribution in [2.24, 2.45) is 0 Å². The maximum atomic E-state index is 13.4. The van der Waals surface area contributed by atoms with Crippen molar-refractivity contribution in [1.82, 2.24) is 0 Å². The summed E-state index contributed by atoms with van der Waals surface area (Å²) in [5, 5.41) is 30.3. The third kappa shape index (κ3) is 4.26. The number of aliphatic hydroxyl groups is 2. The zero-order chi connectivity index (χ0) is 15.3. The van der Waals surface area contributed by atoms with Crippen LogP contribution >= 0.6 is 11.8 Å². The summed E-state index contributed by atoms with van der Waals surface area (Å²) in [5.74, 6) is -0.812. The fourth-order valence-electron chi connectivity index (χ4n) is 1.65. The Morgan fingerprint density at radius 3 is 2.70 bits per heavy atom. The number of nitro benzene ring substituents is 1. The van der Waals surface area contributed by atoms with Crippen LogP contribution in [0.3, 0.4) is 0 Å². The van der Waals surface area contributed by atoms with E-state index >= 15 is 0 Å². The average Bonchev–Trinajstić information content (AvgIpc) is 2.36. The molecule has 0 aliphatic rings. The molecule has 0 aromatic heterocycles. The molecule has 1 aromatic carbocycles. The van der Waals surface area contributed by atoms with Crippen LogP contribution in [-0.4, -0.2) is 32.1 Å². The van der Waals surface area contributed by atoms with Crippen molar-refractivity contribution < 1.29 is 24.3 Å². The molecule has 1 rings (SSSR count). The molecule has 0 spiro atoms. The molecule has 2 atom stereocenters. The van der Waals surface area contributed by atoms with Gasteiger partial charge in [-0.25, -0.2) is 0 Å². The van der Waals surface area contributed by atoms with Gasteiger partial charge in [-0.05, 0) is 18.6 Å². The summed E-state index contributed by atoms with van der Waals surface area (Å²) >= 11 is 0.968. The predicted octanol–water partition coefficient (Wildman–Crippen LogP) is 1.80. The fraction of sp³-hybridized carbons (Fsp3) is 0.417. The van der Waals surface area contributed by atoms with E-state index in [9.17, 15) is 29.5 Å². The maximum Gasteiger partial charge on any atom is 0.310 e. The molecule has 0 saturated carbocycles. The van der Waals surface area contributed by atoms with Gasteiger partial charge in [0, 0.05) is 12.7 Å². The molecule has 0 saturated heterocycles. The summed E-state index contributed by atoms with van der Waals surface area (Å²) in [4.78, 5) is 20.6. The summed E-state index contributed by atoms with van der Waals surface area (Å²) in [6.07, 6.45) is -2.85. The molecule has 0 radical (unpaired) electrons. The SMILES string of the molecule is CC(=O)SCCC(O)C(O)c1cccc(F)c1[N+](=O)[O-]. The Morgan fingerprint density at radius 2 is 2.15 bits per heavy atom. The number of rotatable bonds is 6. The molecule has 8 heteroatoms. The summed E-state index contributed by atoms with van der Waals surface area (Å²) in [7, 11) is 0. The summed E-state index contributed by atoms with van der Waals surface area (Å²) < 4.78 is 13.4. The van der Waals surface area contributed by atoms with E-state index in [1.54, 1.807) is 0 Å². The average molecular weight is 303 g/mol. The van der Waals surface area contributed by atoms with Gasteiger partial charge < -0.3 is 10.2 Å². The molecule has 0 bridgehead atoms. The first-order chi connectivity index (χ1) is 9.34. The highest BCUT2D eigenvalue weighted by Gasteiger charge is 2.29. The van der Waals surface area contributed by atoms with E-state index in [4.69, 9.17) is 0 Å². The van der Waals surface area contributed by atoms with Gasteiger partial charge in [0.1, 0.15) is 6.10 Å². The van der Waals surface area contributed by atoms with E-state index in [1.807, 2.05) is 0 Å². The Labute approximate surface area is 118 Å². The van der Waals surface area contributed by atoms with Crippen LogP contribution in [0.2, 0.25) is 0 Å². The molecule has 6 nitrogen and oxygen atoms in total. The van der Waals surface area contributed by atoms with Crippen LogP contribution in [-0.2, 0) is 4.79 Å². The zero-order valence-corrected chi connectivity index (χ0v) is 11.5. The maximum absolute atomic E-state index is 13.4. The number of nitrogens with zero attached hydrogens (tertiary/aromatic N) is 1. The number of halogens is 1. The number of hydrogen-bond donors (Lipinski definition) is 2. The number of carbonyl (C=O) groups excluding carboxylic acids is 1. The predicted molar refractivity (Wildman–Crippen MR) is 71.8 cm³/mol. The lowest BCUT2D eigenvalue weighted by Gasteiger charge is -2.17. The first-order valence-electron chi connectivity index (χ1n) is 5.77. The van der Waals surface area contributed by atoms with E-state index in [0.717, 1.165) is 17.8 Å². The smallest absolute Gasteiger partial charge is 0.310 e. The Kier molecular flexibility index (Phi) is 6.05. The van der Waals surface area contributed by atoms with Gasteiger partial charge in [-0.1, -0.05) is 17.8 Å². The van der Waals surface area contributed by atoms with Gasteiger partial charge in [-0.15, -0.1) is 0 Å². The van der Waals surface area contributed by atoms with Crippen LogP contribution in [0.15, 0.2) is 18.2 Å². The lowest BCUT2D eigenvalue weighted by Crippen LogP contribution is -2.20. The Balaban J connectivity index is 2.86. The van der Waals surface area contributed by atoms with Gasteiger partial charge in [0.05, 0.1) is 16.6 Å². The molecule has 0 aliphatic heterocycles. The van der Waals surface area contributed by atoms with Crippen molar-refractivity contribution in [2.45, 2.75) is 25.6 Å². The molecule has 20 heavy (non-hydrogen) atoms. The van der Waals surface area contributed by atoms with Crippen LogP contribution in [0.4, 0.5) is 10.1 Å². The van der Waals surface area contributed by atoms with E-state index < -0.39 is 28.6 Å². The van der Waals surface area contributed by atoms with E-state index in [2.05, 4.69) is 0 Å². The van der Waals surface area contributed by atoms with Gasteiger partial charge in [0.2, 0.25) is 5.82 Å². The van der Waals surface area contributed by atoms with E-state index in [-0.39, 0.29) is 22.9 Å². The Morgan fingerprint density at radius 1 is 1.50 bits per heavy atom. The second kappa shape index (κ2) is 7.32. The van der Waals surface area contributed by atoms with Gasteiger partial charge in [0.25, 0.3) is 0 Å². The standard InChI is InChI=1S/C12H14FNO5S/c1-7(15)20-6-5-10(16)12(17)8-3-2-4-9(13)11(8)14(18)19/h2-4,10,12,16-17H,5-6H2,1H3. The topological polar surface area (TPSA) is 101 Å². The summed E-state index contributed by atoms with van der Waals surface area (Å²) in [6.45, 7) is 1.37.